The molecular weight excluding hydrogens is 343 g/mol. The summed E-state index contributed by atoms with van der Waals surface area (Å²) in [7, 11) is 0. The van der Waals surface area contributed by atoms with E-state index in [1.54, 1.807) is 12.3 Å². The third-order valence-electron chi connectivity index (χ3n) is 4.19. The molecule has 7 heteroatoms. The topological polar surface area (TPSA) is 52.2 Å². The number of nitrogens with one attached hydrogen (secondary N) is 1. The van der Waals surface area contributed by atoms with Gasteiger partial charge in [-0.3, -0.25) is 9.69 Å². The molecule has 0 radical (unpaired) electrons. The Labute approximate surface area is 152 Å². The second-order valence-electron chi connectivity index (χ2n) is 5.73. The van der Waals surface area contributed by atoms with Crippen LogP contribution in [0.5, 0.6) is 0 Å². The third-order valence-corrected chi connectivity index (χ3v) is 4.55. The number of aromatic amines is 1. The Morgan fingerprint density at radius 3 is 2.56 bits per heavy atom. The summed E-state index contributed by atoms with van der Waals surface area (Å²) in [5.74, 6) is -0.201. The average Bonchev–Trinajstić information content (AvgIpc) is 2.62. The molecule has 5 nitrogen and oxygen atoms in total. The summed E-state index contributed by atoms with van der Waals surface area (Å²) < 4.78 is 13.2. The van der Waals surface area contributed by atoms with E-state index in [0.717, 1.165) is 43.9 Å². The van der Waals surface area contributed by atoms with Gasteiger partial charge in [-0.15, -0.1) is 0 Å². The first-order valence-corrected chi connectivity index (χ1v) is 8.88. The van der Waals surface area contributed by atoms with Crippen molar-refractivity contribution in [3.63, 3.8) is 0 Å². The standard InChI is InChI=1S/C16H18ClFN4O.C2H6/c1-11-8-13(18)3-2-12(11)10-21-4-6-22(7-5-21)14-9-19-20-16(23)15(14)17;1-2/h2-3,8-9H,4-7,10H2,1H3,(H,20,23);1-2H3. The lowest BCUT2D eigenvalue weighted by atomic mass is 10.1. The molecule has 0 spiro atoms. The van der Waals surface area contributed by atoms with E-state index < -0.39 is 0 Å². The van der Waals surface area contributed by atoms with Gasteiger partial charge in [-0.1, -0.05) is 31.5 Å². The van der Waals surface area contributed by atoms with Crippen LogP contribution in [0.2, 0.25) is 5.02 Å². The van der Waals surface area contributed by atoms with Gasteiger partial charge in [0.2, 0.25) is 0 Å². The van der Waals surface area contributed by atoms with Crippen LogP contribution in [0, 0.1) is 12.7 Å². The fourth-order valence-corrected chi connectivity index (χ4v) is 3.03. The lowest BCUT2D eigenvalue weighted by molar-refractivity contribution is 0.249. The highest BCUT2D eigenvalue weighted by Crippen LogP contribution is 2.22. The maximum atomic E-state index is 13.2. The summed E-state index contributed by atoms with van der Waals surface area (Å²) in [6.45, 7) is 9.95. The number of aryl methyl sites for hydroxylation is 1. The van der Waals surface area contributed by atoms with Gasteiger partial charge < -0.3 is 4.90 Å². The Morgan fingerprint density at radius 1 is 1.24 bits per heavy atom. The largest absolute Gasteiger partial charge is 0.366 e. The zero-order chi connectivity index (χ0) is 18.4. The molecule has 1 fully saturated rings. The highest BCUT2D eigenvalue weighted by Gasteiger charge is 2.20. The molecule has 0 saturated carbocycles. The lowest BCUT2D eigenvalue weighted by Gasteiger charge is -2.36. The Hall–Kier alpha value is -1.92. The SMILES string of the molecule is CC.Cc1cc(F)ccc1CN1CCN(c2cn[nH]c(=O)c2Cl)CC1. The number of anilines is 1. The highest BCUT2D eigenvalue weighted by molar-refractivity contribution is 6.32. The molecule has 1 aromatic carbocycles. The number of rotatable bonds is 3. The quantitative estimate of drug-likeness (QED) is 0.906. The molecular formula is C18H24ClFN4O. The summed E-state index contributed by atoms with van der Waals surface area (Å²) in [6, 6.07) is 4.90. The van der Waals surface area contributed by atoms with Crippen molar-refractivity contribution >= 4 is 17.3 Å². The first-order chi connectivity index (χ1) is 12.0. The summed E-state index contributed by atoms with van der Waals surface area (Å²) in [5.41, 5.74) is 2.41. The van der Waals surface area contributed by atoms with Gasteiger partial charge in [0.05, 0.1) is 11.9 Å². The molecule has 0 bridgehead atoms. The Balaban J connectivity index is 0.00000109. The predicted octanol–water partition coefficient (Wildman–Crippen LogP) is 3.22. The van der Waals surface area contributed by atoms with Crippen LogP contribution in [0.4, 0.5) is 10.1 Å². The second-order valence-corrected chi connectivity index (χ2v) is 6.11. The van der Waals surface area contributed by atoms with Crippen molar-refractivity contribution < 1.29 is 4.39 Å². The van der Waals surface area contributed by atoms with Gasteiger partial charge in [-0.05, 0) is 30.2 Å². The number of benzene rings is 1. The molecule has 1 aliphatic heterocycles. The highest BCUT2D eigenvalue weighted by atomic mass is 35.5. The van der Waals surface area contributed by atoms with Gasteiger partial charge in [0.15, 0.2) is 0 Å². The van der Waals surface area contributed by atoms with E-state index >= 15 is 0 Å². The van der Waals surface area contributed by atoms with E-state index in [0.29, 0.717) is 5.69 Å². The number of H-pyrrole nitrogens is 1. The minimum absolute atomic E-state index is 0.183. The minimum Gasteiger partial charge on any atom is -0.366 e. The van der Waals surface area contributed by atoms with Crippen molar-refractivity contribution in [3.05, 3.63) is 56.7 Å². The van der Waals surface area contributed by atoms with Crippen molar-refractivity contribution in [2.45, 2.75) is 27.3 Å². The van der Waals surface area contributed by atoms with Gasteiger partial charge in [0.1, 0.15) is 10.8 Å². The van der Waals surface area contributed by atoms with Crippen LogP contribution in [0.25, 0.3) is 0 Å². The molecule has 0 aliphatic carbocycles. The molecule has 136 valence electrons. The Bertz CT molecular complexity index is 757. The molecule has 1 saturated heterocycles. The van der Waals surface area contributed by atoms with Crippen molar-refractivity contribution in [2.75, 3.05) is 31.1 Å². The summed E-state index contributed by atoms with van der Waals surface area (Å²) in [4.78, 5) is 15.9. The van der Waals surface area contributed by atoms with Crippen LogP contribution < -0.4 is 10.5 Å². The maximum Gasteiger partial charge on any atom is 0.285 e. The zero-order valence-electron chi connectivity index (χ0n) is 14.9. The number of hydrogen-bond donors (Lipinski definition) is 1. The summed E-state index contributed by atoms with van der Waals surface area (Å²) in [6.07, 6.45) is 1.59. The first-order valence-electron chi connectivity index (χ1n) is 8.50. The monoisotopic (exact) mass is 366 g/mol. The maximum absolute atomic E-state index is 13.2. The fourth-order valence-electron chi connectivity index (χ4n) is 2.82. The van der Waals surface area contributed by atoms with Crippen LogP contribution in [0.3, 0.4) is 0 Å². The van der Waals surface area contributed by atoms with Crippen LogP contribution in [-0.4, -0.2) is 41.3 Å². The molecule has 1 N–H and O–H groups in total. The average molecular weight is 367 g/mol. The van der Waals surface area contributed by atoms with Gasteiger partial charge in [0.25, 0.3) is 5.56 Å². The second kappa shape index (κ2) is 8.97. The van der Waals surface area contributed by atoms with E-state index in [9.17, 15) is 9.18 Å². The molecule has 2 aromatic rings. The van der Waals surface area contributed by atoms with Crippen LogP contribution in [0.15, 0.2) is 29.2 Å². The van der Waals surface area contributed by atoms with Crippen LogP contribution in [0.1, 0.15) is 25.0 Å². The van der Waals surface area contributed by atoms with E-state index in [2.05, 4.69) is 20.0 Å². The summed E-state index contributed by atoms with van der Waals surface area (Å²) >= 11 is 6.05. The van der Waals surface area contributed by atoms with Crippen LogP contribution in [-0.2, 0) is 6.54 Å². The van der Waals surface area contributed by atoms with E-state index in [1.165, 1.54) is 6.07 Å². The van der Waals surface area contributed by atoms with Crippen molar-refractivity contribution in [3.8, 4) is 0 Å². The van der Waals surface area contributed by atoms with Gasteiger partial charge in [-0.25, -0.2) is 9.49 Å². The molecule has 0 amide bonds. The van der Waals surface area contributed by atoms with E-state index in [1.807, 2.05) is 26.8 Å². The molecule has 1 aliphatic rings. The first kappa shape index (κ1) is 19.4. The van der Waals surface area contributed by atoms with Crippen molar-refractivity contribution in [2.24, 2.45) is 0 Å². The predicted molar refractivity (Wildman–Crippen MR) is 99.8 cm³/mol. The van der Waals surface area contributed by atoms with Crippen molar-refractivity contribution in [1.29, 1.82) is 0 Å². The fraction of sp³-hybridized carbons (Fsp3) is 0.444. The van der Waals surface area contributed by atoms with E-state index in [-0.39, 0.29) is 16.4 Å². The number of nitrogens with zero attached hydrogens (tertiary/aromatic N) is 3. The number of halogens is 2. The number of hydrogen-bond acceptors (Lipinski definition) is 4. The molecule has 0 atom stereocenters. The molecule has 25 heavy (non-hydrogen) atoms. The van der Waals surface area contributed by atoms with Gasteiger partial charge in [-0.2, -0.15) is 5.10 Å². The molecule has 1 aromatic heterocycles. The van der Waals surface area contributed by atoms with Crippen molar-refractivity contribution in [1.82, 2.24) is 15.1 Å². The lowest BCUT2D eigenvalue weighted by Crippen LogP contribution is -2.46. The smallest absolute Gasteiger partial charge is 0.285 e. The third kappa shape index (κ3) is 4.80. The minimum atomic E-state index is -0.367. The number of aromatic nitrogens is 2. The summed E-state index contributed by atoms with van der Waals surface area (Å²) in [5, 5.41) is 6.32. The Morgan fingerprint density at radius 2 is 1.92 bits per heavy atom. The molecule has 2 heterocycles. The zero-order valence-corrected chi connectivity index (χ0v) is 15.6. The molecule has 3 rings (SSSR count). The van der Waals surface area contributed by atoms with Gasteiger partial charge >= 0.3 is 0 Å². The normalized spacial score (nSPS) is 14.8. The molecule has 0 unspecified atom stereocenters. The van der Waals surface area contributed by atoms with Gasteiger partial charge in [0, 0.05) is 32.7 Å². The Kier molecular flexibility index (Phi) is 6.96. The van der Waals surface area contributed by atoms with Crippen LogP contribution >= 0.6 is 11.6 Å². The number of piperazine rings is 1. The van der Waals surface area contributed by atoms with E-state index in [4.69, 9.17) is 11.6 Å².